The smallest absolute Gasteiger partial charge is 0.261 e. The molecule has 24 heavy (non-hydrogen) atoms. The number of thiazole rings is 1. The van der Waals surface area contributed by atoms with E-state index < -0.39 is 0 Å². The van der Waals surface area contributed by atoms with Gasteiger partial charge in [0.15, 0.2) is 5.13 Å². The van der Waals surface area contributed by atoms with Gasteiger partial charge < -0.3 is 0 Å². The lowest BCUT2D eigenvalue weighted by Crippen LogP contribution is -2.27. The zero-order chi connectivity index (χ0) is 17.3. The molecule has 0 N–H and O–H groups in total. The Morgan fingerprint density at radius 3 is 2.92 bits per heavy atom. The van der Waals surface area contributed by atoms with Crippen LogP contribution in [0.1, 0.15) is 19.5 Å². The molecule has 3 aromatic rings. The van der Waals surface area contributed by atoms with Crippen LogP contribution < -0.4 is 10.5 Å². The first-order valence-corrected chi connectivity index (χ1v) is 8.62. The maximum Gasteiger partial charge on any atom is 0.261 e. The molecule has 1 amide bonds. The van der Waals surface area contributed by atoms with Crippen LogP contribution in [0.25, 0.3) is 10.9 Å². The number of hydrogen-bond donors (Lipinski definition) is 0. The number of nitrogens with zero attached hydrogens (tertiary/aromatic N) is 4. The fraction of sp³-hybridized carbons (Fsp3) is 0.250. The van der Waals surface area contributed by atoms with Gasteiger partial charge in [0.2, 0.25) is 5.91 Å². The van der Waals surface area contributed by atoms with Gasteiger partial charge in [-0.25, -0.2) is 9.97 Å². The summed E-state index contributed by atoms with van der Waals surface area (Å²) in [5.41, 5.74) is 1.14. The number of aromatic nitrogens is 3. The quantitative estimate of drug-likeness (QED) is 0.715. The van der Waals surface area contributed by atoms with Gasteiger partial charge in [-0.2, -0.15) is 0 Å². The van der Waals surface area contributed by atoms with Crippen molar-refractivity contribution >= 4 is 44.9 Å². The van der Waals surface area contributed by atoms with Crippen LogP contribution >= 0.6 is 22.9 Å². The van der Waals surface area contributed by atoms with E-state index in [9.17, 15) is 9.59 Å². The van der Waals surface area contributed by atoms with E-state index in [2.05, 4.69) is 9.97 Å². The van der Waals surface area contributed by atoms with E-state index in [1.165, 1.54) is 29.2 Å². The molecular weight excluding hydrogens is 348 g/mol. The minimum absolute atomic E-state index is 0.0578. The molecule has 1 aromatic carbocycles. The molecule has 8 heteroatoms. The van der Waals surface area contributed by atoms with Gasteiger partial charge in [0.25, 0.3) is 5.56 Å². The molecule has 0 radical (unpaired) electrons. The maximum absolute atomic E-state index is 12.6. The van der Waals surface area contributed by atoms with Crippen molar-refractivity contribution in [3.63, 3.8) is 0 Å². The fourth-order valence-electron chi connectivity index (χ4n) is 2.40. The molecule has 0 unspecified atom stereocenters. The molecule has 3 rings (SSSR count). The van der Waals surface area contributed by atoms with Crippen LogP contribution in [0.4, 0.5) is 5.13 Å². The van der Waals surface area contributed by atoms with Crippen molar-refractivity contribution in [2.24, 2.45) is 0 Å². The van der Waals surface area contributed by atoms with Crippen LogP contribution in [-0.2, 0) is 11.3 Å². The number of carbonyl (C=O) groups excluding carboxylic acids is 1. The van der Waals surface area contributed by atoms with E-state index in [0.717, 1.165) is 0 Å². The van der Waals surface area contributed by atoms with E-state index in [4.69, 9.17) is 11.6 Å². The van der Waals surface area contributed by atoms with E-state index in [1.54, 1.807) is 23.1 Å². The summed E-state index contributed by atoms with van der Waals surface area (Å²) in [7, 11) is 0. The van der Waals surface area contributed by atoms with Crippen LogP contribution in [0.3, 0.4) is 0 Å². The summed E-state index contributed by atoms with van der Waals surface area (Å²) in [5, 5.41) is 3.44. The number of benzene rings is 1. The highest BCUT2D eigenvalue weighted by Gasteiger charge is 2.14. The average molecular weight is 363 g/mol. The number of carbonyl (C=O) groups is 1. The molecule has 0 spiro atoms. The van der Waals surface area contributed by atoms with Crippen LogP contribution in [-0.4, -0.2) is 27.0 Å². The number of fused-ring (bicyclic) bond motifs is 1. The number of halogens is 1. The van der Waals surface area contributed by atoms with E-state index >= 15 is 0 Å². The van der Waals surface area contributed by atoms with Crippen molar-refractivity contribution in [1.29, 1.82) is 0 Å². The molecule has 0 fully saturated rings. The molecule has 6 nitrogen and oxygen atoms in total. The monoisotopic (exact) mass is 362 g/mol. The third-order valence-corrected chi connectivity index (χ3v) is 4.73. The Morgan fingerprint density at radius 2 is 2.21 bits per heavy atom. The van der Waals surface area contributed by atoms with E-state index in [-0.39, 0.29) is 11.5 Å². The number of hydrogen-bond acceptors (Lipinski definition) is 5. The first-order valence-electron chi connectivity index (χ1n) is 7.36. The van der Waals surface area contributed by atoms with Crippen LogP contribution in [0.2, 0.25) is 5.02 Å². The lowest BCUT2D eigenvalue weighted by atomic mass is 10.2. The Labute approximate surface area is 147 Å². The predicted molar refractivity (Wildman–Crippen MR) is 95.9 cm³/mol. The highest BCUT2D eigenvalue weighted by atomic mass is 35.5. The van der Waals surface area contributed by atoms with Gasteiger partial charge in [-0.1, -0.05) is 11.6 Å². The molecule has 0 atom stereocenters. The minimum Gasteiger partial charge on any atom is -0.293 e. The van der Waals surface area contributed by atoms with Gasteiger partial charge >= 0.3 is 0 Å². The SMILES string of the molecule is CCN(C(C)=O)c1nc(Cn2cnc3ccc(Cl)cc3c2=O)cs1. The maximum atomic E-state index is 12.6. The summed E-state index contributed by atoms with van der Waals surface area (Å²) in [6, 6.07) is 5.04. The topological polar surface area (TPSA) is 68.1 Å². The first-order chi connectivity index (χ1) is 11.5. The number of rotatable bonds is 4. The van der Waals surface area contributed by atoms with E-state index in [1.807, 2.05) is 12.3 Å². The van der Waals surface area contributed by atoms with Crippen LogP contribution in [0.5, 0.6) is 0 Å². The highest BCUT2D eigenvalue weighted by molar-refractivity contribution is 7.14. The summed E-state index contributed by atoms with van der Waals surface area (Å²) in [6.07, 6.45) is 1.50. The molecule has 0 aliphatic rings. The highest BCUT2D eigenvalue weighted by Crippen LogP contribution is 2.21. The molecule has 0 bridgehead atoms. The van der Waals surface area contributed by atoms with Gasteiger partial charge in [-0.05, 0) is 25.1 Å². The summed E-state index contributed by atoms with van der Waals surface area (Å²) < 4.78 is 1.49. The van der Waals surface area contributed by atoms with Gasteiger partial charge in [0.1, 0.15) is 0 Å². The van der Waals surface area contributed by atoms with Gasteiger partial charge in [-0.15, -0.1) is 11.3 Å². The number of anilines is 1. The fourth-order valence-corrected chi connectivity index (χ4v) is 3.50. The largest absolute Gasteiger partial charge is 0.293 e. The third-order valence-electron chi connectivity index (χ3n) is 3.59. The Bertz CT molecular complexity index is 966. The predicted octanol–water partition coefficient (Wildman–Crippen LogP) is 2.93. The second-order valence-corrected chi connectivity index (χ2v) is 6.50. The lowest BCUT2D eigenvalue weighted by molar-refractivity contribution is -0.116. The standard InChI is InChI=1S/C16H15ClN4O2S/c1-3-21(10(2)22)16-19-12(8-24-16)7-20-9-18-14-5-4-11(17)6-13(14)15(20)23/h4-6,8-9H,3,7H2,1-2H3. The molecule has 2 heterocycles. The van der Waals surface area contributed by atoms with Crippen molar-refractivity contribution in [2.45, 2.75) is 20.4 Å². The van der Waals surface area contributed by atoms with Gasteiger partial charge in [0, 0.05) is 23.9 Å². The second-order valence-electron chi connectivity index (χ2n) is 5.22. The molecule has 0 saturated carbocycles. The molecule has 0 saturated heterocycles. The molecule has 0 aliphatic carbocycles. The Morgan fingerprint density at radius 1 is 1.42 bits per heavy atom. The first kappa shape index (κ1) is 16.6. The van der Waals surface area contributed by atoms with Gasteiger partial charge in [0.05, 0.1) is 29.5 Å². The second kappa shape index (κ2) is 6.70. The molecule has 124 valence electrons. The average Bonchev–Trinajstić information content (AvgIpc) is 2.99. The lowest BCUT2D eigenvalue weighted by Gasteiger charge is -2.14. The van der Waals surface area contributed by atoms with Crippen molar-refractivity contribution < 1.29 is 4.79 Å². The van der Waals surface area contributed by atoms with Crippen molar-refractivity contribution in [2.75, 3.05) is 11.4 Å². The zero-order valence-corrected chi connectivity index (χ0v) is 14.8. The summed E-state index contributed by atoms with van der Waals surface area (Å²) in [4.78, 5) is 34.5. The van der Waals surface area contributed by atoms with Crippen molar-refractivity contribution in [3.8, 4) is 0 Å². The summed E-state index contributed by atoms with van der Waals surface area (Å²) in [5.74, 6) is -0.0578. The summed E-state index contributed by atoms with van der Waals surface area (Å²) >= 11 is 7.34. The molecule has 0 aliphatic heterocycles. The Kier molecular flexibility index (Phi) is 4.64. The van der Waals surface area contributed by atoms with Gasteiger partial charge in [-0.3, -0.25) is 19.1 Å². The Balaban J connectivity index is 1.93. The van der Waals surface area contributed by atoms with Crippen LogP contribution in [0, 0.1) is 0 Å². The van der Waals surface area contributed by atoms with Crippen molar-refractivity contribution in [3.05, 3.63) is 51.0 Å². The van der Waals surface area contributed by atoms with E-state index in [0.29, 0.717) is 39.8 Å². The molecular formula is C16H15ClN4O2S. The minimum atomic E-state index is -0.170. The molecule has 2 aromatic heterocycles. The summed E-state index contributed by atoms with van der Waals surface area (Å²) in [6.45, 7) is 4.24. The Hall–Kier alpha value is -2.25. The van der Waals surface area contributed by atoms with Crippen LogP contribution in [0.15, 0.2) is 34.7 Å². The normalized spacial score (nSPS) is 11.0. The number of amides is 1. The third kappa shape index (κ3) is 3.18. The van der Waals surface area contributed by atoms with Crippen molar-refractivity contribution in [1.82, 2.24) is 14.5 Å². The zero-order valence-electron chi connectivity index (χ0n) is 13.2.